The quantitative estimate of drug-likeness (QED) is 0.855. The molecule has 1 aromatic carbocycles. The maximum Gasteiger partial charge on any atom is 0.412 e. The van der Waals surface area contributed by atoms with E-state index in [9.17, 15) is 4.79 Å². The molecule has 0 spiro atoms. The van der Waals surface area contributed by atoms with E-state index in [1.807, 2.05) is 0 Å². The largest absolute Gasteiger partial charge is 0.444 e. The lowest BCUT2D eigenvalue weighted by Gasteiger charge is -2.19. The summed E-state index contributed by atoms with van der Waals surface area (Å²) in [6, 6.07) is 8.44. The van der Waals surface area contributed by atoms with Gasteiger partial charge in [-0.25, -0.2) is 9.78 Å². The normalized spacial score (nSPS) is 10.9. The molecule has 2 rings (SSSR count). The molecule has 22 heavy (non-hydrogen) atoms. The van der Waals surface area contributed by atoms with Gasteiger partial charge in [0, 0.05) is 24.0 Å². The number of rotatable bonds is 3. The number of nitrogens with zero attached hydrogens (tertiary/aromatic N) is 2. The smallest absolute Gasteiger partial charge is 0.412 e. The Labute approximate surface area is 133 Å². The first-order valence-electron chi connectivity index (χ1n) is 6.58. The molecule has 0 fully saturated rings. The molecule has 1 amide bonds. The van der Waals surface area contributed by atoms with E-state index < -0.39 is 11.7 Å². The van der Waals surface area contributed by atoms with Gasteiger partial charge in [-0.15, -0.1) is 0 Å². The Morgan fingerprint density at radius 1 is 1.27 bits per heavy atom. The van der Waals surface area contributed by atoms with Gasteiger partial charge in [0.2, 0.25) is 11.2 Å². The minimum atomic E-state index is -0.560. The molecule has 0 radical (unpaired) electrons. The fourth-order valence-electron chi connectivity index (χ4n) is 1.56. The molecular weight excluding hydrogens is 306 g/mol. The summed E-state index contributed by atoms with van der Waals surface area (Å²) in [5, 5.41) is 2.73. The van der Waals surface area contributed by atoms with Crippen LogP contribution in [-0.2, 0) is 4.74 Å². The third-order valence-corrected chi connectivity index (χ3v) is 2.48. The minimum absolute atomic E-state index is 0.0977. The zero-order chi connectivity index (χ0) is 16.2. The van der Waals surface area contributed by atoms with Crippen LogP contribution < -0.4 is 10.1 Å². The number of anilines is 1. The fourth-order valence-corrected chi connectivity index (χ4v) is 1.70. The number of carbonyl (C=O) groups excluding carboxylic acids is 1. The Morgan fingerprint density at radius 2 is 2.05 bits per heavy atom. The van der Waals surface area contributed by atoms with Crippen molar-refractivity contribution in [2.45, 2.75) is 26.4 Å². The van der Waals surface area contributed by atoms with Crippen molar-refractivity contribution >= 4 is 23.4 Å². The Hall–Kier alpha value is -2.34. The SMILES string of the molecule is CC(C)(C)OC(=O)Nc1cccc(Oc2ccnc(Cl)n2)c1. The fraction of sp³-hybridized carbons (Fsp3) is 0.267. The van der Waals surface area contributed by atoms with Gasteiger partial charge < -0.3 is 9.47 Å². The van der Waals surface area contributed by atoms with Crippen LogP contribution in [-0.4, -0.2) is 21.7 Å². The van der Waals surface area contributed by atoms with E-state index in [1.165, 1.54) is 6.20 Å². The van der Waals surface area contributed by atoms with Crippen molar-refractivity contribution in [3.8, 4) is 11.6 Å². The van der Waals surface area contributed by atoms with E-state index >= 15 is 0 Å². The third kappa shape index (κ3) is 5.21. The highest BCUT2D eigenvalue weighted by Gasteiger charge is 2.16. The van der Waals surface area contributed by atoms with Crippen LogP contribution in [0.5, 0.6) is 11.6 Å². The Morgan fingerprint density at radius 3 is 2.73 bits per heavy atom. The van der Waals surface area contributed by atoms with Crippen molar-refractivity contribution in [3.05, 3.63) is 41.8 Å². The first-order chi connectivity index (χ1) is 10.3. The van der Waals surface area contributed by atoms with E-state index in [2.05, 4.69) is 15.3 Å². The second-order valence-electron chi connectivity index (χ2n) is 5.42. The molecule has 116 valence electrons. The monoisotopic (exact) mass is 321 g/mol. The molecule has 1 aromatic heterocycles. The minimum Gasteiger partial charge on any atom is -0.444 e. The van der Waals surface area contributed by atoms with Crippen LogP contribution in [0.3, 0.4) is 0 Å². The highest BCUT2D eigenvalue weighted by Crippen LogP contribution is 2.23. The van der Waals surface area contributed by atoms with Gasteiger partial charge in [0.15, 0.2) is 0 Å². The molecule has 0 unspecified atom stereocenters. The number of nitrogens with one attached hydrogen (secondary N) is 1. The van der Waals surface area contributed by atoms with Crippen LogP contribution in [0.4, 0.5) is 10.5 Å². The summed E-state index contributed by atoms with van der Waals surface area (Å²) in [5.41, 5.74) is -0.0116. The molecule has 1 heterocycles. The van der Waals surface area contributed by atoms with E-state index in [1.54, 1.807) is 51.1 Å². The second-order valence-corrected chi connectivity index (χ2v) is 5.76. The number of aromatic nitrogens is 2. The van der Waals surface area contributed by atoms with Gasteiger partial charge in [0.05, 0.1) is 0 Å². The van der Waals surface area contributed by atoms with Gasteiger partial charge in [0.1, 0.15) is 11.4 Å². The lowest BCUT2D eigenvalue weighted by molar-refractivity contribution is 0.0636. The zero-order valence-corrected chi connectivity index (χ0v) is 13.2. The van der Waals surface area contributed by atoms with Crippen molar-refractivity contribution < 1.29 is 14.3 Å². The van der Waals surface area contributed by atoms with Gasteiger partial charge in [-0.3, -0.25) is 5.32 Å². The van der Waals surface area contributed by atoms with Crippen LogP contribution in [0.2, 0.25) is 5.28 Å². The summed E-state index contributed by atoms with van der Waals surface area (Å²) in [4.78, 5) is 19.4. The van der Waals surface area contributed by atoms with Crippen LogP contribution >= 0.6 is 11.6 Å². The number of ether oxygens (including phenoxy) is 2. The van der Waals surface area contributed by atoms with Crippen LogP contribution in [0.25, 0.3) is 0 Å². The van der Waals surface area contributed by atoms with Crippen LogP contribution in [0.15, 0.2) is 36.5 Å². The number of hydrogen-bond donors (Lipinski definition) is 1. The Bertz CT molecular complexity index is 671. The second kappa shape index (κ2) is 6.62. The first kappa shape index (κ1) is 16.0. The highest BCUT2D eigenvalue weighted by molar-refractivity contribution is 6.28. The predicted octanol–water partition coefficient (Wildman–Crippen LogP) is 4.27. The summed E-state index contributed by atoms with van der Waals surface area (Å²) in [6.45, 7) is 5.39. The molecule has 0 saturated heterocycles. The third-order valence-electron chi connectivity index (χ3n) is 2.30. The molecule has 0 aliphatic carbocycles. The molecule has 0 saturated carbocycles. The van der Waals surface area contributed by atoms with Crippen molar-refractivity contribution in [2.24, 2.45) is 0 Å². The summed E-state index contributed by atoms with van der Waals surface area (Å²) in [6.07, 6.45) is 0.961. The lowest BCUT2D eigenvalue weighted by atomic mass is 10.2. The van der Waals surface area contributed by atoms with Crippen LogP contribution in [0.1, 0.15) is 20.8 Å². The molecule has 6 nitrogen and oxygen atoms in total. The van der Waals surface area contributed by atoms with Crippen molar-refractivity contribution in [1.82, 2.24) is 9.97 Å². The standard InChI is InChI=1S/C15H16ClN3O3/c1-15(2,3)22-14(20)18-10-5-4-6-11(9-10)21-12-7-8-17-13(16)19-12/h4-9H,1-3H3,(H,18,20). The van der Waals surface area contributed by atoms with Gasteiger partial charge in [-0.1, -0.05) is 6.07 Å². The average Bonchev–Trinajstić information content (AvgIpc) is 2.36. The van der Waals surface area contributed by atoms with Gasteiger partial charge >= 0.3 is 6.09 Å². The maximum absolute atomic E-state index is 11.7. The number of amides is 1. The van der Waals surface area contributed by atoms with Gasteiger partial charge in [-0.05, 0) is 44.5 Å². The summed E-state index contributed by atoms with van der Waals surface area (Å²) in [7, 11) is 0. The topological polar surface area (TPSA) is 73.3 Å². The summed E-state index contributed by atoms with van der Waals surface area (Å²) < 4.78 is 10.7. The van der Waals surface area contributed by atoms with Gasteiger partial charge in [0.25, 0.3) is 0 Å². The summed E-state index contributed by atoms with van der Waals surface area (Å²) >= 11 is 5.70. The van der Waals surface area contributed by atoms with Crippen molar-refractivity contribution in [2.75, 3.05) is 5.32 Å². The zero-order valence-electron chi connectivity index (χ0n) is 12.5. The average molecular weight is 322 g/mol. The Kier molecular flexibility index (Phi) is 4.82. The van der Waals surface area contributed by atoms with Crippen LogP contribution in [0, 0.1) is 0 Å². The predicted molar refractivity (Wildman–Crippen MR) is 83.4 cm³/mol. The van der Waals surface area contributed by atoms with Crippen molar-refractivity contribution in [1.29, 1.82) is 0 Å². The molecule has 7 heteroatoms. The van der Waals surface area contributed by atoms with E-state index in [-0.39, 0.29) is 5.28 Å². The van der Waals surface area contributed by atoms with Gasteiger partial charge in [-0.2, -0.15) is 4.98 Å². The first-order valence-corrected chi connectivity index (χ1v) is 6.96. The highest BCUT2D eigenvalue weighted by atomic mass is 35.5. The van der Waals surface area contributed by atoms with E-state index in [0.29, 0.717) is 17.3 Å². The van der Waals surface area contributed by atoms with E-state index in [4.69, 9.17) is 21.1 Å². The Balaban J connectivity index is 2.05. The molecule has 1 N–H and O–H groups in total. The summed E-state index contributed by atoms with van der Waals surface area (Å²) in [5.74, 6) is 0.817. The number of carbonyl (C=O) groups is 1. The molecule has 0 bridgehead atoms. The number of benzene rings is 1. The molecule has 2 aromatic rings. The van der Waals surface area contributed by atoms with Crippen molar-refractivity contribution in [3.63, 3.8) is 0 Å². The maximum atomic E-state index is 11.7. The molecule has 0 atom stereocenters. The molecule has 0 aliphatic rings. The molecule has 0 aliphatic heterocycles. The number of hydrogen-bond acceptors (Lipinski definition) is 5. The van der Waals surface area contributed by atoms with E-state index in [0.717, 1.165) is 0 Å². The number of halogens is 1. The molecular formula is C15H16ClN3O3. The lowest BCUT2D eigenvalue weighted by Crippen LogP contribution is -2.27.